The monoisotopic (exact) mass is 423 g/mol. The van der Waals surface area contributed by atoms with Gasteiger partial charge in [-0.25, -0.2) is 0 Å². The number of hydrogen-bond acceptors (Lipinski definition) is 3. The van der Waals surface area contributed by atoms with Gasteiger partial charge in [0, 0.05) is 37.3 Å². The van der Waals surface area contributed by atoms with E-state index in [1.807, 2.05) is 0 Å². The van der Waals surface area contributed by atoms with Gasteiger partial charge in [0.1, 0.15) is 0 Å². The van der Waals surface area contributed by atoms with Crippen molar-refractivity contribution in [1.29, 1.82) is 0 Å². The first-order valence-electron chi connectivity index (χ1n) is 7.15. The predicted molar refractivity (Wildman–Crippen MR) is 94.7 cm³/mol. The molecular formula is C14H19BrClN3O3S. The molecule has 1 heterocycles. The van der Waals surface area contributed by atoms with Crippen molar-refractivity contribution in [2.24, 2.45) is 5.92 Å². The minimum atomic E-state index is -3.49. The number of anilines is 1. The number of carbonyl (C=O) groups is 1. The van der Waals surface area contributed by atoms with Gasteiger partial charge in [-0.3, -0.25) is 4.79 Å². The van der Waals surface area contributed by atoms with E-state index in [1.54, 1.807) is 18.2 Å². The second-order valence-electron chi connectivity index (χ2n) is 5.61. The van der Waals surface area contributed by atoms with E-state index in [9.17, 15) is 13.2 Å². The highest BCUT2D eigenvalue weighted by molar-refractivity contribution is 9.10. The summed E-state index contributed by atoms with van der Waals surface area (Å²) < 4.78 is 27.7. The average molecular weight is 425 g/mol. The van der Waals surface area contributed by atoms with Gasteiger partial charge in [0.05, 0.1) is 10.9 Å². The molecule has 0 unspecified atom stereocenters. The highest BCUT2D eigenvalue weighted by Gasteiger charge is 2.33. The summed E-state index contributed by atoms with van der Waals surface area (Å²) in [6, 6.07) is 5.15. The summed E-state index contributed by atoms with van der Waals surface area (Å²) in [5.74, 6) is -0.567. The van der Waals surface area contributed by atoms with E-state index in [1.165, 1.54) is 22.7 Å². The maximum Gasteiger partial charge on any atom is 0.281 e. The lowest BCUT2D eigenvalue weighted by atomic mass is 9.99. The van der Waals surface area contributed by atoms with Gasteiger partial charge in [-0.2, -0.15) is 17.0 Å². The number of amides is 1. The Hall–Kier alpha value is -0.670. The van der Waals surface area contributed by atoms with E-state index < -0.39 is 10.2 Å². The zero-order valence-corrected chi connectivity index (χ0v) is 16.1. The Labute approximate surface area is 150 Å². The number of nitrogens with zero attached hydrogens (tertiary/aromatic N) is 2. The van der Waals surface area contributed by atoms with Crippen LogP contribution in [0.25, 0.3) is 0 Å². The largest absolute Gasteiger partial charge is 0.326 e. The van der Waals surface area contributed by atoms with E-state index in [-0.39, 0.29) is 18.4 Å². The van der Waals surface area contributed by atoms with Crippen LogP contribution in [0, 0.1) is 5.92 Å². The number of hydrogen-bond donors (Lipinski definition) is 1. The molecule has 6 nitrogen and oxygen atoms in total. The second-order valence-corrected chi connectivity index (χ2v) is 9.01. The summed E-state index contributed by atoms with van der Waals surface area (Å²) in [6.45, 7) is 0.630. The summed E-state index contributed by atoms with van der Waals surface area (Å²) in [6.07, 6.45) is 1.32. The van der Waals surface area contributed by atoms with E-state index in [0.29, 0.717) is 30.1 Å². The molecule has 1 aliphatic rings. The zero-order chi connectivity index (χ0) is 17.2. The van der Waals surface area contributed by atoms with Crippen molar-refractivity contribution in [3.8, 4) is 0 Å². The summed E-state index contributed by atoms with van der Waals surface area (Å²) >= 11 is 9.30. The number of halogens is 2. The molecule has 0 saturated carbocycles. The second kappa shape index (κ2) is 7.48. The number of rotatable bonds is 4. The van der Waals surface area contributed by atoms with Gasteiger partial charge in [-0.05, 0) is 47.0 Å². The van der Waals surface area contributed by atoms with Gasteiger partial charge >= 0.3 is 0 Å². The van der Waals surface area contributed by atoms with Crippen LogP contribution in [0.5, 0.6) is 0 Å². The third-order valence-electron chi connectivity index (χ3n) is 3.73. The number of carbonyl (C=O) groups excluding carboxylic acids is 1. The number of benzene rings is 1. The lowest BCUT2D eigenvalue weighted by Gasteiger charge is -2.32. The Morgan fingerprint density at radius 1 is 1.43 bits per heavy atom. The van der Waals surface area contributed by atoms with Gasteiger partial charge < -0.3 is 5.32 Å². The molecule has 0 aliphatic carbocycles. The highest BCUT2D eigenvalue weighted by atomic mass is 79.9. The van der Waals surface area contributed by atoms with Crippen LogP contribution in [0.4, 0.5) is 5.69 Å². The molecule has 1 saturated heterocycles. The van der Waals surface area contributed by atoms with Crippen LogP contribution >= 0.6 is 27.5 Å². The maximum atomic E-state index is 12.4. The molecule has 128 valence electrons. The molecule has 9 heteroatoms. The molecule has 1 fully saturated rings. The maximum absolute atomic E-state index is 12.4. The Morgan fingerprint density at radius 3 is 2.74 bits per heavy atom. The van der Waals surface area contributed by atoms with E-state index >= 15 is 0 Å². The van der Waals surface area contributed by atoms with Crippen molar-refractivity contribution < 1.29 is 13.2 Å². The Kier molecular flexibility index (Phi) is 6.07. The molecule has 0 aromatic heterocycles. The molecule has 1 aromatic rings. The Morgan fingerprint density at radius 2 is 2.13 bits per heavy atom. The third kappa shape index (κ3) is 4.45. The molecule has 1 amide bonds. The van der Waals surface area contributed by atoms with Crippen molar-refractivity contribution in [3.63, 3.8) is 0 Å². The van der Waals surface area contributed by atoms with E-state index in [2.05, 4.69) is 21.2 Å². The van der Waals surface area contributed by atoms with Crippen molar-refractivity contribution >= 4 is 49.3 Å². The van der Waals surface area contributed by atoms with Crippen LogP contribution in [-0.4, -0.2) is 50.1 Å². The molecule has 0 spiro atoms. The summed E-state index contributed by atoms with van der Waals surface area (Å²) in [5, 5.41) is 3.30. The lowest BCUT2D eigenvalue weighted by Crippen LogP contribution is -2.47. The van der Waals surface area contributed by atoms with E-state index in [0.717, 1.165) is 4.47 Å². The first kappa shape index (κ1) is 18.7. The smallest absolute Gasteiger partial charge is 0.281 e. The first-order valence-corrected chi connectivity index (χ1v) is 9.72. The van der Waals surface area contributed by atoms with Crippen molar-refractivity contribution in [3.05, 3.63) is 27.7 Å². The van der Waals surface area contributed by atoms with Gasteiger partial charge in [-0.15, -0.1) is 0 Å². The zero-order valence-electron chi connectivity index (χ0n) is 12.9. The fourth-order valence-corrected chi connectivity index (χ4v) is 4.03. The molecule has 1 atom stereocenters. The third-order valence-corrected chi connectivity index (χ3v) is 6.87. The average Bonchev–Trinajstić information content (AvgIpc) is 2.51. The minimum Gasteiger partial charge on any atom is -0.326 e. The summed E-state index contributed by atoms with van der Waals surface area (Å²) in [5.41, 5.74) is 0.593. The number of piperidine rings is 1. The predicted octanol–water partition coefficient (Wildman–Crippen LogP) is 2.56. The minimum absolute atomic E-state index is 0.191. The molecule has 0 bridgehead atoms. The molecule has 0 radical (unpaired) electrons. The standard InChI is InChI=1S/C14H19BrClN3O3S/c1-18(2)23(21,22)19-7-3-4-10(9-19)14(20)17-11-5-6-12(15)13(16)8-11/h5-6,8,10H,3-4,7,9H2,1-2H3,(H,17,20)/t10-/m1/s1. The van der Waals surface area contributed by atoms with Crippen LogP contribution in [0.15, 0.2) is 22.7 Å². The van der Waals surface area contributed by atoms with Crippen molar-refractivity contribution in [2.75, 3.05) is 32.5 Å². The highest BCUT2D eigenvalue weighted by Crippen LogP contribution is 2.27. The molecule has 23 heavy (non-hydrogen) atoms. The summed E-state index contributed by atoms with van der Waals surface area (Å²) in [7, 11) is -0.514. The fourth-order valence-electron chi connectivity index (χ4n) is 2.42. The number of nitrogens with one attached hydrogen (secondary N) is 1. The van der Waals surface area contributed by atoms with Crippen LogP contribution < -0.4 is 5.32 Å². The van der Waals surface area contributed by atoms with Gasteiger partial charge in [0.2, 0.25) is 5.91 Å². The topological polar surface area (TPSA) is 69.7 Å². The molecular weight excluding hydrogens is 406 g/mol. The normalized spacial score (nSPS) is 19.8. The van der Waals surface area contributed by atoms with Crippen LogP contribution in [0.2, 0.25) is 5.02 Å². The van der Waals surface area contributed by atoms with Crippen molar-refractivity contribution in [1.82, 2.24) is 8.61 Å². The fraction of sp³-hybridized carbons (Fsp3) is 0.500. The van der Waals surface area contributed by atoms with Gasteiger partial charge in [-0.1, -0.05) is 11.6 Å². The van der Waals surface area contributed by atoms with Gasteiger partial charge in [0.25, 0.3) is 10.2 Å². The first-order chi connectivity index (χ1) is 10.7. The van der Waals surface area contributed by atoms with Crippen LogP contribution in [0.3, 0.4) is 0 Å². The van der Waals surface area contributed by atoms with Crippen LogP contribution in [-0.2, 0) is 15.0 Å². The Balaban J connectivity index is 2.06. The molecule has 1 N–H and O–H groups in total. The molecule has 1 aromatic carbocycles. The van der Waals surface area contributed by atoms with Crippen molar-refractivity contribution in [2.45, 2.75) is 12.8 Å². The SMILES string of the molecule is CN(C)S(=O)(=O)N1CCC[C@@H](C(=O)Nc2ccc(Br)c(Cl)c2)C1. The lowest BCUT2D eigenvalue weighted by molar-refractivity contribution is -0.120. The molecule has 2 rings (SSSR count). The molecule has 1 aliphatic heterocycles. The van der Waals surface area contributed by atoms with Crippen LogP contribution in [0.1, 0.15) is 12.8 Å². The summed E-state index contributed by atoms with van der Waals surface area (Å²) in [4.78, 5) is 12.4. The quantitative estimate of drug-likeness (QED) is 0.807. The Bertz CT molecular complexity index is 697. The van der Waals surface area contributed by atoms with E-state index in [4.69, 9.17) is 11.6 Å². The van der Waals surface area contributed by atoms with Gasteiger partial charge in [0.15, 0.2) is 0 Å².